The van der Waals surface area contributed by atoms with E-state index < -0.39 is 5.54 Å². The Morgan fingerprint density at radius 2 is 2.06 bits per heavy atom. The number of likely N-dealkylation sites (tertiary alicyclic amines) is 1. The van der Waals surface area contributed by atoms with Gasteiger partial charge in [-0.25, -0.2) is 0 Å². The summed E-state index contributed by atoms with van der Waals surface area (Å²) in [5.74, 6) is 0.816. The van der Waals surface area contributed by atoms with Crippen LogP contribution in [0.4, 0.5) is 0 Å². The summed E-state index contributed by atoms with van der Waals surface area (Å²) in [6.07, 6.45) is 7.40. The molecule has 2 rings (SSSR count). The minimum Gasteiger partial charge on any atom is -0.335 e. The maximum atomic E-state index is 12.8. The largest absolute Gasteiger partial charge is 0.335 e. The standard InChI is InChI=1S/C15H28N2O/c1-4-13-8-7-12(3)17(13)14(18)15(16)9-5-6-11(2)10-15/h11-13H,4-10,16H2,1-3H3. The molecule has 2 aliphatic rings. The number of amides is 1. The van der Waals surface area contributed by atoms with Crippen LogP contribution in [-0.2, 0) is 4.79 Å². The van der Waals surface area contributed by atoms with Crippen molar-refractivity contribution < 1.29 is 4.79 Å². The lowest BCUT2D eigenvalue weighted by Crippen LogP contribution is -2.59. The highest BCUT2D eigenvalue weighted by Gasteiger charge is 2.45. The molecule has 1 saturated carbocycles. The maximum Gasteiger partial charge on any atom is 0.243 e. The van der Waals surface area contributed by atoms with Crippen LogP contribution in [0.5, 0.6) is 0 Å². The number of hydrogen-bond acceptors (Lipinski definition) is 2. The van der Waals surface area contributed by atoms with Gasteiger partial charge in [-0.15, -0.1) is 0 Å². The van der Waals surface area contributed by atoms with Crippen molar-refractivity contribution in [3.8, 4) is 0 Å². The average Bonchev–Trinajstić information content (AvgIpc) is 2.69. The average molecular weight is 252 g/mol. The molecule has 2 N–H and O–H groups in total. The zero-order chi connectivity index (χ0) is 13.3. The van der Waals surface area contributed by atoms with E-state index in [9.17, 15) is 4.79 Å². The smallest absolute Gasteiger partial charge is 0.243 e. The van der Waals surface area contributed by atoms with Gasteiger partial charge in [-0.3, -0.25) is 4.79 Å². The molecule has 3 heteroatoms. The van der Waals surface area contributed by atoms with Crippen molar-refractivity contribution in [2.45, 2.75) is 83.3 Å². The SMILES string of the molecule is CCC1CCC(C)N1C(=O)C1(N)CCCC(C)C1. The van der Waals surface area contributed by atoms with E-state index in [1.165, 1.54) is 6.42 Å². The lowest BCUT2D eigenvalue weighted by atomic mass is 9.76. The third kappa shape index (κ3) is 2.42. The predicted molar refractivity (Wildman–Crippen MR) is 74.2 cm³/mol. The topological polar surface area (TPSA) is 46.3 Å². The second-order valence-electron chi connectivity index (χ2n) is 6.56. The van der Waals surface area contributed by atoms with Gasteiger partial charge in [-0.05, 0) is 44.9 Å². The summed E-state index contributed by atoms with van der Waals surface area (Å²) >= 11 is 0. The highest BCUT2D eigenvalue weighted by atomic mass is 16.2. The molecule has 2 fully saturated rings. The highest BCUT2D eigenvalue weighted by molar-refractivity contribution is 5.87. The minimum atomic E-state index is -0.580. The Bertz CT molecular complexity index is 318. The number of carbonyl (C=O) groups excluding carboxylic acids is 1. The van der Waals surface area contributed by atoms with E-state index in [4.69, 9.17) is 5.73 Å². The molecule has 0 aromatic rings. The summed E-state index contributed by atoms with van der Waals surface area (Å²) < 4.78 is 0. The van der Waals surface area contributed by atoms with Gasteiger partial charge in [0.05, 0.1) is 5.54 Å². The molecule has 4 unspecified atom stereocenters. The van der Waals surface area contributed by atoms with Crippen LogP contribution in [0.15, 0.2) is 0 Å². The maximum absolute atomic E-state index is 12.8. The lowest BCUT2D eigenvalue weighted by molar-refractivity contribution is -0.141. The normalized spacial score (nSPS) is 41.1. The van der Waals surface area contributed by atoms with Crippen molar-refractivity contribution >= 4 is 5.91 Å². The molecule has 0 radical (unpaired) electrons. The summed E-state index contributed by atoms with van der Waals surface area (Å²) in [7, 11) is 0. The third-order valence-corrected chi connectivity index (χ3v) is 4.95. The first-order valence-electron chi connectivity index (χ1n) is 7.59. The lowest BCUT2D eigenvalue weighted by Gasteiger charge is -2.41. The van der Waals surface area contributed by atoms with Gasteiger partial charge in [0, 0.05) is 12.1 Å². The van der Waals surface area contributed by atoms with Crippen LogP contribution < -0.4 is 5.73 Å². The molecule has 0 spiro atoms. The number of nitrogens with two attached hydrogens (primary N) is 1. The van der Waals surface area contributed by atoms with Crippen molar-refractivity contribution in [1.29, 1.82) is 0 Å². The first-order valence-corrected chi connectivity index (χ1v) is 7.59. The van der Waals surface area contributed by atoms with Gasteiger partial charge in [-0.2, -0.15) is 0 Å². The third-order valence-electron chi connectivity index (χ3n) is 4.95. The molecular formula is C15H28N2O. The molecule has 18 heavy (non-hydrogen) atoms. The zero-order valence-corrected chi connectivity index (χ0v) is 12.1. The van der Waals surface area contributed by atoms with Crippen LogP contribution in [0.25, 0.3) is 0 Å². The summed E-state index contributed by atoms with van der Waals surface area (Å²) in [4.78, 5) is 15.0. The Kier molecular flexibility index (Phi) is 4.00. The van der Waals surface area contributed by atoms with Gasteiger partial charge in [0.2, 0.25) is 5.91 Å². The Morgan fingerprint density at radius 3 is 2.67 bits per heavy atom. The molecule has 0 aromatic heterocycles. The van der Waals surface area contributed by atoms with E-state index in [-0.39, 0.29) is 5.91 Å². The van der Waals surface area contributed by atoms with E-state index in [2.05, 4.69) is 25.7 Å². The number of hydrogen-bond donors (Lipinski definition) is 1. The van der Waals surface area contributed by atoms with Gasteiger partial charge in [0.15, 0.2) is 0 Å². The Morgan fingerprint density at radius 1 is 1.33 bits per heavy atom. The molecule has 1 saturated heterocycles. The van der Waals surface area contributed by atoms with Gasteiger partial charge < -0.3 is 10.6 Å². The second-order valence-corrected chi connectivity index (χ2v) is 6.56. The van der Waals surface area contributed by atoms with Gasteiger partial charge in [-0.1, -0.05) is 26.7 Å². The molecule has 0 bridgehead atoms. The second kappa shape index (κ2) is 5.20. The summed E-state index contributed by atoms with van der Waals surface area (Å²) in [5, 5.41) is 0. The fraction of sp³-hybridized carbons (Fsp3) is 0.933. The predicted octanol–water partition coefficient (Wildman–Crippen LogP) is 2.68. The molecule has 1 heterocycles. The van der Waals surface area contributed by atoms with Crippen LogP contribution in [0, 0.1) is 5.92 Å². The summed E-state index contributed by atoms with van der Waals surface area (Å²) in [6.45, 7) is 6.57. The molecule has 1 aliphatic heterocycles. The van der Waals surface area contributed by atoms with Crippen LogP contribution in [-0.4, -0.2) is 28.4 Å². The van der Waals surface area contributed by atoms with Gasteiger partial charge >= 0.3 is 0 Å². The highest BCUT2D eigenvalue weighted by Crippen LogP contribution is 2.35. The fourth-order valence-electron chi connectivity index (χ4n) is 3.88. The quantitative estimate of drug-likeness (QED) is 0.821. The first kappa shape index (κ1) is 13.9. The van der Waals surface area contributed by atoms with E-state index >= 15 is 0 Å². The number of nitrogens with zero attached hydrogens (tertiary/aromatic N) is 1. The van der Waals surface area contributed by atoms with Crippen LogP contribution in [0.1, 0.15) is 65.7 Å². The van der Waals surface area contributed by atoms with Crippen LogP contribution >= 0.6 is 0 Å². The van der Waals surface area contributed by atoms with Crippen molar-refractivity contribution in [2.24, 2.45) is 11.7 Å². The first-order chi connectivity index (χ1) is 8.48. The monoisotopic (exact) mass is 252 g/mol. The van der Waals surface area contributed by atoms with Gasteiger partial charge in [0.25, 0.3) is 0 Å². The van der Waals surface area contributed by atoms with Crippen molar-refractivity contribution in [2.75, 3.05) is 0 Å². The molecule has 1 amide bonds. The molecule has 4 atom stereocenters. The molecule has 0 aromatic carbocycles. The van der Waals surface area contributed by atoms with Gasteiger partial charge in [0.1, 0.15) is 0 Å². The summed E-state index contributed by atoms with van der Waals surface area (Å²) in [5.41, 5.74) is 5.88. The Labute approximate surface area is 111 Å². The zero-order valence-electron chi connectivity index (χ0n) is 12.1. The molecule has 1 aliphatic carbocycles. The summed E-state index contributed by atoms with van der Waals surface area (Å²) in [6, 6.07) is 0.797. The Balaban J connectivity index is 2.14. The fourth-order valence-corrected chi connectivity index (χ4v) is 3.88. The van der Waals surface area contributed by atoms with Crippen molar-refractivity contribution in [3.05, 3.63) is 0 Å². The van der Waals surface area contributed by atoms with Crippen molar-refractivity contribution in [1.82, 2.24) is 4.90 Å². The van der Waals surface area contributed by atoms with Crippen molar-refractivity contribution in [3.63, 3.8) is 0 Å². The molecule has 104 valence electrons. The number of rotatable bonds is 2. The van der Waals surface area contributed by atoms with Crippen LogP contribution in [0.2, 0.25) is 0 Å². The van der Waals surface area contributed by atoms with E-state index in [1.807, 2.05) is 0 Å². The Hall–Kier alpha value is -0.570. The van der Waals surface area contributed by atoms with E-state index in [1.54, 1.807) is 0 Å². The molecular weight excluding hydrogens is 224 g/mol. The minimum absolute atomic E-state index is 0.228. The van der Waals surface area contributed by atoms with E-state index in [0.29, 0.717) is 18.0 Å². The number of carbonyl (C=O) groups is 1. The van der Waals surface area contributed by atoms with E-state index in [0.717, 1.165) is 38.5 Å². The van der Waals surface area contributed by atoms with Crippen LogP contribution in [0.3, 0.4) is 0 Å². The molecule has 3 nitrogen and oxygen atoms in total.